The van der Waals surface area contributed by atoms with Crippen molar-refractivity contribution in [3.8, 4) is 0 Å². The van der Waals surface area contributed by atoms with Crippen molar-refractivity contribution in [1.29, 1.82) is 0 Å². The van der Waals surface area contributed by atoms with Gasteiger partial charge in [0.15, 0.2) is 0 Å². The first-order valence-electron chi connectivity index (χ1n) is 4.72. The molecular formula is C11H10BrN3O. The summed E-state index contributed by atoms with van der Waals surface area (Å²) < 4.78 is 2.70. The monoisotopic (exact) mass is 279 g/mol. The number of nitrogens with two attached hydrogens (primary N) is 1. The third-order valence-electron chi connectivity index (χ3n) is 2.15. The van der Waals surface area contributed by atoms with Crippen LogP contribution in [-0.2, 0) is 6.54 Å². The molecule has 2 rings (SSSR count). The highest BCUT2D eigenvalue weighted by Gasteiger charge is 2.04. The first-order valence-corrected chi connectivity index (χ1v) is 5.51. The fourth-order valence-corrected chi connectivity index (χ4v) is 1.85. The molecule has 2 N–H and O–H groups in total. The van der Waals surface area contributed by atoms with Crippen molar-refractivity contribution in [3.63, 3.8) is 0 Å². The lowest BCUT2D eigenvalue weighted by Gasteiger charge is -2.01. The summed E-state index contributed by atoms with van der Waals surface area (Å²) in [6.45, 7) is 0.618. The van der Waals surface area contributed by atoms with Gasteiger partial charge in [0, 0.05) is 10.7 Å². The van der Waals surface area contributed by atoms with Crippen molar-refractivity contribution in [1.82, 2.24) is 9.78 Å². The zero-order valence-corrected chi connectivity index (χ0v) is 10.0. The second-order valence-electron chi connectivity index (χ2n) is 3.42. The van der Waals surface area contributed by atoms with Crippen LogP contribution in [0.3, 0.4) is 0 Å². The molecule has 16 heavy (non-hydrogen) atoms. The Balaban J connectivity index is 2.17. The minimum atomic E-state index is -0.458. The van der Waals surface area contributed by atoms with Crippen LogP contribution < -0.4 is 5.73 Å². The molecule has 1 heterocycles. The van der Waals surface area contributed by atoms with Crippen LogP contribution in [-0.4, -0.2) is 15.7 Å². The Morgan fingerprint density at radius 1 is 1.50 bits per heavy atom. The van der Waals surface area contributed by atoms with E-state index >= 15 is 0 Å². The fraction of sp³-hybridized carbons (Fsp3) is 0.0909. The standard InChI is InChI=1S/C11H10BrN3O/c12-10-3-1-2-8(4-10)6-15-7-9(5-14-15)11(13)16/h1-5,7H,6H2,(H2,13,16). The van der Waals surface area contributed by atoms with Gasteiger partial charge in [-0.3, -0.25) is 9.48 Å². The smallest absolute Gasteiger partial charge is 0.251 e. The zero-order valence-electron chi connectivity index (χ0n) is 8.43. The molecule has 0 saturated heterocycles. The molecule has 0 aliphatic carbocycles. The van der Waals surface area contributed by atoms with Crippen molar-refractivity contribution in [2.45, 2.75) is 6.54 Å². The third kappa shape index (κ3) is 2.49. The number of carbonyl (C=O) groups is 1. The molecule has 0 unspecified atom stereocenters. The first kappa shape index (κ1) is 10.9. The van der Waals surface area contributed by atoms with E-state index in [-0.39, 0.29) is 0 Å². The van der Waals surface area contributed by atoms with Crippen LogP contribution in [0.25, 0.3) is 0 Å². The second-order valence-corrected chi connectivity index (χ2v) is 4.34. The molecule has 0 aliphatic heterocycles. The number of primary amides is 1. The van der Waals surface area contributed by atoms with Gasteiger partial charge in [0.05, 0.1) is 18.3 Å². The molecule has 0 spiro atoms. The Morgan fingerprint density at radius 3 is 2.94 bits per heavy atom. The Bertz CT molecular complexity index is 521. The highest BCUT2D eigenvalue weighted by molar-refractivity contribution is 9.10. The van der Waals surface area contributed by atoms with Gasteiger partial charge in [-0.05, 0) is 17.7 Å². The molecular weight excluding hydrogens is 270 g/mol. The Hall–Kier alpha value is -1.62. The normalized spacial score (nSPS) is 10.3. The summed E-state index contributed by atoms with van der Waals surface area (Å²) in [6, 6.07) is 7.92. The molecule has 1 amide bonds. The maximum atomic E-state index is 10.9. The SMILES string of the molecule is NC(=O)c1cnn(Cc2cccc(Br)c2)c1. The minimum absolute atomic E-state index is 0.426. The maximum Gasteiger partial charge on any atom is 0.251 e. The van der Waals surface area contributed by atoms with E-state index in [1.54, 1.807) is 10.9 Å². The predicted octanol–water partition coefficient (Wildman–Crippen LogP) is 1.79. The minimum Gasteiger partial charge on any atom is -0.366 e. The van der Waals surface area contributed by atoms with Gasteiger partial charge >= 0.3 is 0 Å². The molecule has 2 aromatic rings. The molecule has 0 bridgehead atoms. The van der Waals surface area contributed by atoms with Crippen molar-refractivity contribution in [2.24, 2.45) is 5.73 Å². The van der Waals surface area contributed by atoms with Gasteiger partial charge in [0.25, 0.3) is 5.91 Å². The van der Waals surface area contributed by atoms with E-state index < -0.39 is 5.91 Å². The number of hydrogen-bond acceptors (Lipinski definition) is 2. The number of nitrogens with zero attached hydrogens (tertiary/aromatic N) is 2. The Labute approximate surface area is 101 Å². The van der Waals surface area contributed by atoms with Crippen molar-refractivity contribution >= 4 is 21.8 Å². The van der Waals surface area contributed by atoms with Crippen LogP contribution in [0.2, 0.25) is 0 Å². The number of benzene rings is 1. The second kappa shape index (κ2) is 4.49. The van der Waals surface area contributed by atoms with Crippen molar-refractivity contribution < 1.29 is 4.79 Å². The van der Waals surface area contributed by atoms with Gasteiger partial charge in [-0.2, -0.15) is 5.10 Å². The van der Waals surface area contributed by atoms with E-state index in [9.17, 15) is 4.79 Å². The van der Waals surface area contributed by atoms with E-state index in [0.717, 1.165) is 10.0 Å². The molecule has 82 valence electrons. The number of halogens is 1. The fourth-order valence-electron chi connectivity index (χ4n) is 1.40. The maximum absolute atomic E-state index is 10.9. The quantitative estimate of drug-likeness (QED) is 0.931. The van der Waals surface area contributed by atoms with Crippen LogP contribution >= 0.6 is 15.9 Å². The topological polar surface area (TPSA) is 60.9 Å². The number of amides is 1. The summed E-state index contributed by atoms with van der Waals surface area (Å²) >= 11 is 3.40. The molecule has 1 aromatic carbocycles. The largest absolute Gasteiger partial charge is 0.366 e. The van der Waals surface area contributed by atoms with Crippen molar-refractivity contribution in [3.05, 3.63) is 52.3 Å². The van der Waals surface area contributed by atoms with E-state index in [0.29, 0.717) is 12.1 Å². The summed E-state index contributed by atoms with van der Waals surface area (Å²) in [5.41, 5.74) is 6.68. The van der Waals surface area contributed by atoms with E-state index in [1.807, 2.05) is 24.3 Å². The van der Waals surface area contributed by atoms with E-state index in [1.165, 1.54) is 6.20 Å². The first-order chi connectivity index (χ1) is 7.65. The number of rotatable bonds is 3. The summed E-state index contributed by atoms with van der Waals surface area (Å²) in [7, 11) is 0. The molecule has 0 fully saturated rings. The van der Waals surface area contributed by atoms with Crippen molar-refractivity contribution in [2.75, 3.05) is 0 Å². The van der Waals surface area contributed by atoms with Gasteiger partial charge in [0.1, 0.15) is 0 Å². The zero-order chi connectivity index (χ0) is 11.5. The predicted molar refractivity (Wildman–Crippen MR) is 64.0 cm³/mol. The Morgan fingerprint density at radius 2 is 2.31 bits per heavy atom. The highest BCUT2D eigenvalue weighted by atomic mass is 79.9. The molecule has 0 radical (unpaired) electrons. The average Bonchev–Trinajstić information content (AvgIpc) is 2.66. The van der Waals surface area contributed by atoms with E-state index in [2.05, 4.69) is 21.0 Å². The van der Waals surface area contributed by atoms with Gasteiger partial charge in [0.2, 0.25) is 0 Å². The molecule has 0 aliphatic rings. The molecule has 0 atom stereocenters. The van der Waals surface area contributed by atoms with Gasteiger partial charge < -0.3 is 5.73 Å². The summed E-state index contributed by atoms with van der Waals surface area (Å²) in [6.07, 6.45) is 3.11. The van der Waals surface area contributed by atoms with Crippen LogP contribution in [0.5, 0.6) is 0 Å². The summed E-state index contributed by atoms with van der Waals surface area (Å²) in [5, 5.41) is 4.06. The lowest BCUT2D eigenvalue weighted by molar-refractivity contribution is 0.1000. The van der Waals surface area contributed by atoms with Gasteiger partial charge in [-0.15, -0.1) is 0 Å². The lowest BCUT2D eigenvalue weighted by atomic mass is 10.2. The van der Waals surface area contributed by atoms with Gasteiger partial charge in [-0.1, -0.05) is 28.1 Å². The van der Waals surface area contributed by atoms with Gasteiger partial charge in [-0.25, -0.2) is 0 Å². The summed E-state index contributed by atoms with van der Waals surface area (Å²) in [4.78, 5) is 10.9. The van der Waals surface area contributed by atoms with Crippen LogP contribution in [0.4, 0.5) is 0 Å². The summed E-state index contributed by atoms with van der Waals surface area (Å²) in [5.74, 6) is -0.458. The number of hydrogen-bond donors (Lipinski definition) is 1. The number of aromatic nitrogens is 2. The molecule has 0 saturated carbocycles. The average molecular weight is 280 g/mol. The highest BCUT2D eigenvalue weighted by Crippen LogP contribution is 2.12. The molecule has 4 nitrogen and oxygen atoms in total. The molecule has 1 aromatic heterocycles. The van der Waals surface area contributed by atoms with Crippen LogP contribution in [0, 0.1) is 0 Å². The number of carbonyl (C=O) groups excluding carboxylic acids is 1. The molecule has 5 heteroatoms. The van der Waals surface area contributed by atoms with Crippen LogP contribution in [0.15, 0.2) is 41.1 Å². The van der Waals surface area contributed by atoms with Crippen LogP contribution in [0.1, 0.15) is 15.9 Å². The Kier molecular flexibility index (Phi) is 3.05. The third-order valence-corrected chi connectivity index (χ3v) is 2.64. The lowest BCUT2D eigenvalue weighted by Crippen LogP contribution is -2.09. The van der Waals surface area contributed by atoms with E-state index in [4.69, 9.17) is 5.73 Å².